The summed E-state index contributed by atoms with van der Waals surface area (Å²) in [7, 11) is 0. The normalized spacial score (nSPS) is 18.7. The van der Waals surface area contributed by atoms with Gasteiger partial charge in [-0.15, -0.1) is 0 Å². The van der Waals surface area contributed by atoms with Gasteiger partial charge >= 0.3 is 6.18 Å². The van der Waals surface area contributed by atoms with E-state index < -0.39 is 11.7 Å². The van der Waals surface area contributed by atoms with Crippen LogP contribution in [0.3, 0.4) is 0 Å². The Morgan fingerprint density at radius 1 is 1.21 bits per heavy atom. The largest absolute Gasteiger partial charge is 0.417 e. The second-order valence-electron chi connectivity index (χ2n) is 7.27. The second-order valence-corrected chi connectivity index (χ2v) is 7.27. The van der Waals surface area contributed by atoms with Crippen molar-refractivity contribution >= 4 is 11.1 Å². The fourth-order valence-electron chi connectivity index (χ4n) is 3.78. The first-order valence-electron chi connectivity index (χ1n) is 9.15. The number of alkyl halides is 3. The molecule has 1 atom stereocenters. The topological polar surface area (TPSA) is 67.9 Å². The molecular formula is C19H20F3N5O. The molecule has 0 saturated carbocycles. The highest BCUT2D eigenvalue weighted by molar-refractivity contribution is 5.81. The zero-order chi connectivity index (χ0) is 19.9. The van der Waals surface area contributed by atoms with Gasteiger partial charge in [-0.25, -0.2) is 15.0 Å². The van der Waals surface area contributed by atoms with Crippen LogP contribution in [0.25, 0.3) is 11.1 Å². The van der Waals surface area contributed by atoms with Gasteiger partial charge in [-0.2, -0.15) is 13.2 Å². The van der Waals surface area contributed by atoms with E-state index >= 15 is 0 Å². The van der Waals surface area contributed by atoms with Crippen molar-refractivity contribution in [2.75, 3.05) is 13.1 Å². The summed E-state index contributed by atoms with van der Waals surface area (Å²) in [5, 5.41) is 3.99. The number of hydrogen-bond acceptors (Lipinski definition) is 6. The van der Waals surface area contributed by atoms with Crippen LogP contribution in [-0.4, -0.2) is 38.1 Å². The number of hydrogen-bond donors (Lipinski definition) is 0. The molecule has 4 rings (SSSR count). The zero-order valence-electron chi connectivity index (χ0n) is 15.6. The van der Waals surface area contributed by atoms with Gasteiger partial charge in [0.25, 0.3) is 5.71 Å². The van der Waals surface area contributed by atoms with E-state index in [2.05, 4.69) is 25.0 Å². The Kier molecular flexibility index (Phi) is 4.78. The number of fused-ring (bicyclic) bond motifs is 1. The average molecular weight is 391 g/mol. The van der Waals surface area contributed by atoms with Crippen molar-refractivity contribution in [3.05, 3.63) is 46.8 Å². The maximum Gasteiger partial charge on any atom is 0.417 e. The molecule has 0 aromatic carbocycles. The smallest absolute Gasteiger partial charge is 0.336 e. The number of likely N-dealkylation sites (tertiary alicyclic amines) is 1. The molecule has 0 radical (unpaired) electrons. The molecule has 6 nitrogen and oxygen atoms in total. The minimum atomic E-state index is -4.49. The Balaban J connectivity index is 1.63. The monoisotopic (exact) mass is 391 g/mol. The summed E-state index contributed by atoms with van der Waals surface area (Å²) in [6.45, 7) is 5.45. The van der Waals surface area contributed by atoms with Crippen LogP contribution in [0.2, 0.25) is 0 Å². The quantitative estimate of drug-likeness (QED) is 0.672. The lowest BCUT2D eigenvalue weighted by Crippen LogP contribution is -2.34. The summed E-state index contributed by atoms with van der Waals surface area (Å²) in [6, 6.07) is 1.06. The molecule has 1 aliphatic rings. The third-order valence-corrected chi connectivity index (χ3v) is 5.04. The molecule has 0 N–H and O–H groups in total. The molecule has 0 amide bonds. The molecule has 3 aromatic rings. The van der Waals surface area contributed by atoms with Gasteiger partial charge in [-0.05, 0) is 39.3 Å². The van der Waals surface area contributed by atoms with Gasteiger partial charge in [0.1, 0.15) is 5.82 Å². The first-order valence-corrected chi connectivity index (χ1v) is 9.15. The average Bonchev–Trinajstić information content (AvgIpc) is 3.06. The second kappa shape index (κ2) is 7.12. The van der Waals surface area contributed by atoms with Crippen molar-refractivity contribution in [2.45, 2.75) is 45.3 Å². The highest BCUT2D eigenvalue weighted by Gasteiger charge is 2.37. The van der Waals surface area contributed by atoms with E-state index in [1.807, 2.05) is 6.92 Å². The molecule has 1 saturated heterocycles. The van der Waals surface area contributed by atoms with Gasteiger partial charge in [0.05, 0.1) is 16.6 Å². The van der Waals surface area contributed by atoms with Gasteiger partial charge in [-0.3, -0.25) is 4.90 Å². The number of pyridine rings is 1. The van der Waals surface area contributed by atoms with Crippen LogP contribution in [0.4, 0.5) is 13.2 Å². The molecule has 148 valence electrons. The molecule has 0 bridgehead atoms. The van der Waals surface area contributed by atoms with Gasteiger partial charge in [0, 0.05) is 42.7 Å². The van der Waals surface area contributed by atoms with E-state index in [4.69, 9.17) is 4.52 Å². The lowest BCUT2D eigenvalue weighted by Gasteiger charge is -2.31. The minimum absolute atomic E-state index is 0.0105. The molecule has 1 unspecified atom stereocenters. The highest BCUT2D eigenvalue weighted by Crippen LogP contribution is 2.40. The van der Waals surface area contributed by atoms with Crippen LogP contribution < -0.4 is 0 Å². The van der Waals surface area contributed by atoms with E-state index in [0.717, 1.165) is 31.0 Å². The molecule has 1 fully saturated rings. The minimum Gasteiger partial charge on any atom is -0.336 e. The molecular weight excluding hydrogens is 371 g/mol. The van der Waals surface area contributed by atoms with Crippen LogP contribution in [0.1, 0.15) is 47.1 Å². The Morgan fingerprint density at radius 2 is 1.96 bits per heavy atom. The van der Waals surface area contributed by atoms with Crippen LogP contribution >= 0.6 is 0 Å². The molecule has 9 heteroatoms. The van der Waals surface area contributed by atoms with Crippen molar-refractivity contribution in [1.82, 2.24) is 25.0 Å². The maximum atomic E-state index is 13.6. The number of nitrogens with zero attached hydrogens (tertiary/aromatic N) is 5. The lowest BCUT2D eigenvalue weighted by atomic mass is 9.91. The summed E-state index contributed by atoms with van der Waals surface area (Å²) in [5.41, 5.74) is 0.804. The Hall–Kier alpha value is -2.55. The molecule has 4 heterocycles. The van der Waals surface area contributed by atoms with Crippen LogP contribution in [-0.2, 0) is 12.7 Å². The Labute approximate surface area is 159 Å². The summed E-state index contributed by atoms with van der Waals surface area (Å²) < 4.78 is 46.0. The number of aryl methyl sites for hydroxylation is 2. The number of aromatic nitrogens is 4. The summed E-state index contributed by atoms with van der Waals surface area (Å²) in [4.78, 5) is 14.7. The molecule has 3 aromatic heterocycles. The van der Waals surface area contributed by atoms with E-state index in [0.29, 0.717) is 24.6 Å². The van der Waals surface area contributed by atoms with E-state index in [-0.39, 0.29) is 22.7 Å². The molecule has 0 spiro atoms. The summed E-state index contributed by atoms with van der Waals surface area (Å²) >= 11 is 0. The first-order chi connectivity index (χ1) is 13.3. The SMILES string of the molecule is Cc1cc(C(F)(F)F)c2c(C3CCCN(Cc4cnc(C)nc4)C3)noc2n1. The maximum absolute atomic E-state index is 13.6. The Morgan fingerprint density at radius 3 is 2.68 bits per heavy atom. The lowest BCUT2D eigenvalue weighted by molar-refractivity contribution is -0.136. The number of rotatable bonds is 3. The van der Waals surface area contributed by atoms with Crippen molar-refractivity contribution in [3.63, 3.8) is 0 Å². The molecule has 1 aliphatic heterocycles. The standard InChI is InChI=1S/C19H20F3N5O/c1-11-6-15(19(20,21)22)16-17(26-28-18(16)25-11)14-4-3-5-27(10-14)9-13-7-23-12(2)24-8-13/h6-8,14H,3-5,9-10H2,1-2H3. The predicted octanol–water partition coefficient (Wildman–Crippen LogP) is 4.03. The summed E-state index contributed by atoms with van der Waals surface area (Å²) in [5.74, 6) is 0.559. The van der Waals surface area contributed by atoms with E-state index in [1.54, 1.807) is 12.4 Å². The van der Waals surface area contributed by atoms with E-state index in [1.165, 1.54) is 6.92 Å². The zero-order valence-corrected chi connectivity index (χ0v) is 15.6. The third-order valence-electron chi connectivity index (χ3n) is 5.04. The summed E-state index contributed by atoms with van der Waals surface area (Å²) in [6.07, 6.45) is 0.706. The van der Waals surface area contributed by atoms with Gasteiger partial charge in [0.2, 0.25) is 0 Å². The predicted molar refractivity (Wildman–Crippen MR) is 95.6 cm³/mol. The number of halogens is 3. The fraction of sp³-hybridized carbons (Fsp3) is 0.474. The third kappa shape index (κ3) is 3.71. The van der Waals surface area contributed by atoms with Gasteiger partial charge in [-0.1, -0.05) is 5.16 Å². The molecule has 28 heavy (non-hydrogen) atoms. The number of piperidine rings is 1. The Bertz CT molecular complexity index is 984. The van der Waals surface area contributed by atoms with Crippen LogP contribution in [0.5, 0.6) is 0 Å². The van der Waals surface area contributed by atoms with Crippen molar-refractivity contribution in [1.29, 1.82) is 0 Å². The fourth-order valence-corrected chi connectivity index (χ4v) is 3.78. The first kappa shape index (κ1) is 18.8. The van der Waals surface area contributed by atoms with Gasteiger partial charge in [0.15, 0.2) is 0 Å². The van der Waals surface area contributed by atoms with Crippen molar-refractivity contribution in [2.24, 2.45) is 0 Å². The van der Waals surface area contributed by atoms with Crippen molar-refractivity contribution in [3.8, 4) is 0 Å². The van der Waals surface area contributed by atoms with E-state index in [9.17, 15) is 13.2 Å². The van der Waals surface area contributed by atoms with Crippen LogP contribution in [0.15, 0.2) is 23.0 Å². The van der Waals surface area contributed by atoms with Crippen molar-refractivity contribution < 1.29 is 17.7 Å². The highest BCUT2D eigenvalue weighted by atomic mass is 19.4. The van der Waals surface area contributed by atoms with Crippen LogP contribution in [0, 0.1) is 13.8 Å². The van der Waals surface area contributed by atoms with Gasteiger partial charge < -0.3 is 4.52 Å². The molecule has 0 aliphatic carbocycles.